The highest BCUT2D eigenvalue weighted by atomic mass is 32.2. The lowest BCUT2D eigenvalue weighted by Gasteiger charge is -2.34. The molecule has 38 heavy (non-hydrogen) atoms. The quantitative estimate of drug-likeness (QED) is 0.377. The van der Waals surface area contributed by atoms with E-state index in [0.717, 1.165) is 43.6 Å². The molecule has 7 heteroatoms. The van der Waals surface area contributed by atoms with Gasteiger partial charge in [-0.2, -0.15) is 0 Å². The Kier molecular flexibility index (Phi) is 8.47. The van der Waals surface area contributed by atoms with E-state index in [9.17, 15) is 9.59 Å². The molecule has 198 valence electrons. The average Bonchev–Trinajstić information content (AvgIpc) is 3.29. The number of fused-ring (bicyclic) bond motifs is 3. The third-order valence-electron chi connectivity index (χ3n) is 7.83. The summed E-state index contributed by atoms with van der Waals surface area (Å²) in [4.78, 5) is 28.9. The van der Waals surface area contributed by atoms with Crippen LogP contribution >= 0.6 is 11.8 Å². The molecule has 1 aliphatic heterocycles. The van der Waals surface area contributed by atoms with Crippen molar-refractivity contribution >= 4 is 23.6 Å². The Morgan fingerprint density at radius 2 is 1.58 bits per heavy atom. The summed E-state index contributed by atoms with van der Waals surface area (Å²) < 4.78 is 5.55. The molecule has 6 nitrogen and oxygen atoms in total. The van der Waals surface area contributed by atoms with Gasteiger partial charge in [0.15, 0.2) is 5.78 Å². The zero-order chi connectivity index (χ0) is 26.5. The van der Waals surface area contributed by atoms with Crippen LogP contribution in [0.1, 0.15) is 35.4 Å². The Balaban J connectivity index is 1.06. The predicted octanol–water partition coefficient (Wildman–Crippen LogP) is 5.06. The van der Waals surface area contributed by atoms with E-state index in [1.807, 2.05) is 24.3 Å². The van der Waals surface area contributed by atoms with Crippen molar-refractivity contribution in [3.63, 3.8) is 0 Å². The number of piperidine rings is 1. The number of nitrogens with two attached hydrogens (primary N) is 1. The Hall–Kier alpha value is -3.13. The van der Waals surface area contributed by atoms with Gasteiger partial charge >= 0.3 is 6.09 Å². The van der Waals surface area contributed by atoms with Crippen molar-refractivity contribution in [2.45, 2.75) is 36.2 Å². The van der Waals surface area contributed by atoms with Crippen LogP contribution in [0.3, 0.4) is 0 Å². The number of hydrogen-bond acceptors (Lipinski definition) is 6. The highest BCUT2D eigenvalue weighted by molar-refractivity contribution is 7.98. The lowest BCUT2D eigenvalue weighted by Crippen LogP contribution is -2.48. The minimum Gasteiger partial charge on any atom is -0.449 e. The van der Waals surface area contributed by atoms with E-state index < -0.39 is 12.1 Å². The molecule has 1 unspecified atom stereocenters. The number of carbonyl (C=O) groups is 2. The maximum Gasteiger partial charge on any atom is 0.407 e. The number of ether oxygens (including phenoxy) is 1. The number of carbonyl (C=O) groups excluding carboxylic acids is 2. The van der Waals surface area contributed by atoms with E-state index in [0.29, 0.717) is 0 Å². The smallest absolute Gasteiger partial charge is 0.407 e. The molecule has 1 aliphatic carbocycles. The van der Waals surface area contributed by atoms with Crippen molar-refractivity contribution in [1.29, 1.82) is 0 Å². The maximum atomic E-state index is 12.8. The van der Waals surface area contributed by atoms with Gasteiger partial charge in [-0.25, -0.2) is 4.79 Å². The van der Waals surface area contributed by atoms with Gasteiger partial charge in [-0.3, -0.25) is 9.69 Å². The van der Waals surface area contributed by atoms with E-state index in [-0.39, 0.29) is 30.8 Å². The lowest BCUT2D eigenvalue weighted by atomic mass is 9.87. The number of ketones is 1. The summed E-state index contributed by atoms with van der Waals surface area (Å²) in [5.74, 6) is -0.0358. The summed E-state index contributed by atoms with van der Waals surface area (Å²) in [6.07, 6.45) is 3.24. The zero-order valence-corrected chi connectivity index (χ0v) is 22.6. The highest BCUT2D eigenvalue weighted by Crippen LogP contribution is 2.44. The third kappa shape index (κ3) is 5.96. The van der Waals surface area contributed by atoms with Gasteiger partial charge in [-0.15, -0.1) is 11.8 Å². The predicted molar refractivity (Wildman–Crippen MR) is 152 cm³/mol. The second-order valence-corrected chi connectivity index (χ2v) is 11.0. The first-order valence-corrected chi connectivity index (χ1v) is 14.5. The average molecular weight is 530 g/mol. The molecule has 3 aromatic rings. The Morgan fingerprint density at radius 1 is 0.974 bits per heavy atom. The molecule has 0 aromatic heterocycles. The van der Waals surface area contributed by atoms with E-state index in [1.54, 1.807) is 11.8 Å². The molecule has 1 heterocycles. The van der Waals surface area contributed by atoms with Gasteiger partial charge in [0.05, 0.1) is 12.6 Å². The summed E-state index contributed by atoms with van der Waals surface area (Å²) in [5.41, 5.74) is 12.3. The monoisotopic (exact) mass is 529 g/mol. The van der Waals surface area contributed by atoms with E-state index in [2.05, 4.69) is 65.0 Å². The van der Waals surface area contributed by atoms with Crippen molar-refractivity contribution in [2.75, 3.05) is 32.5 Å². The molecule has 3 aromatic carbocycles. The fourth-order valence-corrected chi connectivity index (χ4v) is 6.06. The van der Waals surface area contributed by atoms with E-state index in [4.69, 9.17) is 10.5 Å². The van der Waals surface area contributed by atoms with Gasteiger partial charge < -0.3 is 15.8 Å². The van der Waals surface area contributed by atoms with Gasteiger partial charge in [0.2, 0.25) is 0 Å². The molecule has 2 aliphatic rings. The SMILES string of the molecule is CSc1ccc(CN2CCC(C(N)C(=O)CNC(=O)OCC3c4ccccc4-c4ccccc43)CC2)cc1. The fraction of sp³-hybridized carbons (Fsp3) is 0.355. The highest BCUT2D eigenvalue weighted by Gasteiger charge is 2.30. The maximum absolute atomic E-state index is 12.8. The standard InChI is InChI=1S/C31H35N3O3S/c1-38-23-12-10-21(11-13-23)19-34-16-14-22(15-17-34)30(32)29(35)18-33-31(36)37-20-28-26-8-4-2-6-24(26)25-7-3-5-9-27(25)28/h2-13,22,28,30H,14-20,32H2,1H3,(H,33,36). The number of hydrogen-bond donors (Lipinski definition) is 2. The van der Waals surface area contributed by atoms with E-state index in [1.165, 1.54) is 21.6 Å². The molecular weight excluding hydrogens is 494 g/mol. The minimum atomic E-state index is -0.588. The summed E-state index contributed by atoms with van der Waals surface area (Å²) >= 11 is 1.75. The number of rotatable bonds is 9. The molecule has 0 spiro atoms. The molecule has 0 bridgehead atoms. The number of nitrogens with one attached hydrogen (secondary N) is 1. The number of likely N-dealkylation sites (tertiary alicyclic amines) is 1. The van der Waals surface area contributed by atoms with Crippen LogP contribution in [0.2, 0.25) is 0 Å². The second-order valence-electron chi connectivity index (χ2n) is 10.1. The van der Waals surface area contributed by atoms with Gasteiger partial charge in [0.25, 0.3) is 0 Å². The lowest BCUT2D eigenvalue weighted by molar-refractivity contribution is -0.121. The summed E-state index contributed by atoms with van der Waals surface area (Å²) in [7, 11) is 0. The van der Waals surface area contributed by atoms with Crippen LogP contribution in [0.15, 0.2) is 77.7 Å². The van der Waals surface area contributed by atoms with Gasteiger partial charge in [-0.1, -0.05) is 60.7 Å². The molecule has 1 saturated heterocycles. The van der Waals surface area contributed by atoms with Crippen molar-refractivity contribution in [2.24, 2.45) is 11.7 Å². The topological polar surface area (TPSA) is 84.7 Å². The number of benzene rings is 3. The summed E-state index contributed by atoms with van der Waals surface area (Å²) in [6, 6.07) is 24.5. The minimum absolute atomic E-state index is 0.0141. The number of amides is 1. The number of thioether (sulfide) groups is 1. The van der Waals surface area contributed by atoms with E-state index >= 15 is 0 Å². The Bertz CT molecular complexity index is 1230. The molecule has 0 radical (unpaired) electrons. The van der Waals surface area contributed by atoms with Crippen LogP contribution in [-0.2, 0) is 16.1 Å². The van der Waals surface area contributed by atoms with Crippen molar-refractivity contribution in [1.82, 2.24) is 10.2 Å². The molecule has 1 atom stereocenters. The molecule has 1 amide bonds. The van der Waals surface area contributed by atoms with Crippen LogP contribution in [0.25, 0.3) is 11.1 Å². The Labute approximate surface area is 228 Å². The van der Waals surface area contributed by atoms with Crippen LogP contribution in [0.4, 0.5) is 4.79 Å². The van der Waals surface area contributed by atoms with Crippen molar-refractivity contribution < 1.29 is 14.3 Å². The fourth-order valence-electron chi connectivity index (χ4n) is 5.65. The first kappa shape index (κ1) is 26.5. The number of nitrogens with zero attached hydrogens (tertiary/aromatic N) is 1. The first-order valence-electron chi connectivity index (χ1n) is 13.3. The summed E-state index contributed by atoms with van der Waals surface area (Å²) in [5, 5.41) is 2.62. The van der Waals surface area contributed by atoms with Gasteiger partial charge in [0, 0.05) is 17.4 Å². The first-order chi connectivity index (χ1) is 18.5. The van der Waals surface area contributed by atoms with Crippen LogP contribution in [-0.4, -0.2) is 55.3 Å². The number of Topliss-reactive ketones (excluding diaryl/α,β-unsaturated/α-hetero) is 1. The second kappa shape index (κ2) is 12.2. The summed E-state index contributed by atoms with van der Waals surface area (Å²) in [6.45, 7) is 2.85. The molecule has 5 rings (SSSR count). The number of alkyl carbamates (subject to hydrolysis) is 1. The molecular formula is C31H35N3O3S. The normalized spacial score (nSPS) is 16.5. The van der Waals surface area contributed by atoms with Crippen LogP contribution in [0.5, 0.6) is 0 Å². The van der Waals surface area contributed by atoms with Crippen LogP contribution in [0, 0.1) is 5.92 Å². The largest absolute Gasteiger partial charge is 0.449 e. The van der Waals surface area contributed by atoms with Crippen molar-refractivity contribution in [3.8, 4) is 11.1 Å². The molecule has 1 fully saturated rings. The van der Waals surface area contributed by atoms with Crippen LogP contribution < -0.4 is 11.1 Å². The Morgan fingerprint density at radius 3 is 2.18 bits per heavy atom. The van der Waals surface area contributed by atoms with Crippen molar-refractivity contribution in [3.05, 3.63) is 89.5 Å². The van der Waals surface area contributed by atoms with Gasteiger partial charge in [0.1, 0.15) is 6.61 Å². The van der Waals surface area contributed by atoms with Gasteiger partial charge in [-0.05, 0) is 78.1 Å². The molecule has 0 saturated carbocycles. The third-order valence-corrected chi connectivity index (χ3v) is 8.57. The zero-order valence-electron chi connectivity index (χ0n) is 21.8. The molecule has 3 N–H and O–H groups in total.